The lowest BCUT2D eigenvalue weighted by Gasteiger charge is -2.15. The van der Waals surface area contributed by atoms with E-state index in [1.165, 1.54) is 18.9 Å². The van der Waals surface area contributed by atoms with Gasteiger partial charge in [-0.2, -0.15) is 13.2 Å². The number of halogens is 3. The highest BCUT2D eigenvalue weighted by molar-refractivity contribution is 5.71. The number of hydrogen-bond donors (Lipinski definition) is 1. The van der Waals surface area contributed by atoms with Gasteiger partial charge in [-0.1, -0.05) is 0 Å². The molecule has 3 aromatic heterocycles. The second-order valence-electron chi connectivity index (χ2n) is 8.42. The van der Waals surface area contributed by atoms with Crippen LogP contribution in [0.25, 0.3) is 22.6 Å². The van der Waals surface area contributed by atoms with Gasteiger partial charge in [0.2, 0.25) is 0 Å². The van der Waals surface area contributed by atoms with Crippen LogP contribution in [0.4, 0.5) is 19.0 Å². The summed E-state index contributed by atoms with van der Waals surface area (Å²) in [5.74, 6) is 2.72. The molecule has 1 aliphatic rings. The fraction of sp³-hybridized carbons (Fsp3) is 0.269. The number of ether oxygens (including phenoxy) is 2. The average molecular weight is 496 g/mol. The second kappa shape index (κ2) is 9.88. The molecule has 0 aliphatic carbocycles. The number of methoxy groups -OCH3 is 1. The fourth-order valence-electron chi connectivity index (χ4n) is 4.07. The molecule has 1 aliphatic heterocycles. The fourth-order valence-corrected chi connectivity index (χ4v) is 4.07. The van der Waals surface area contributed by atoms with Gasteiger partial charge in [-0.15, -0.1) is 0 Å². The molecule has 36 heavy (non-hydrogen) atoms. The summed E-state index contributed by atoms with van der Waals surface area (Å²) in [7, 11) is 1.55. The Labute approximate surface area is 206 Å². The summed E-state index contributed by atoms with van der Waals surface area (Å²) in [6.07, 6.45) is 2.39. The minimum Gasteiger partial charge on any atom is -0.496 e. The molecule has 0 saturated carbocycles. The molecule has 0 amide bonds. The zero-order valence-electron chi connectivity index (χ0n) is 19.5. The molecule has 7 nitrogen and oxygen atoms in total. The molecule has 4 aromatic rings. The molecule has 0 bridgehead atoms. The highest BCUT2D eigenvalue weighted by Gasteiger charge is 2.30. The van der Waals surface area contributed by atoms with E-state index in [2.05, 4.69) is 19.9 Å². The van der Waals surface area contributed by atoms with Crippen molar-refractivity contribution in [3.63, 3.8) is 0 Å². The maximum Gasteiger partial charge on any atom is 0.417 e. The van der Waals surface area contributed by atoms with Crippen LogP contribution in [0, 0.1) is 0 Å². The van der Waals surface area contributed by atoms with Crippen molar-refractivity contribution >= 4 is 5.82 Å². The molecule has 1 N–H and O–H groups in total. The number of imidazole rings is 1. The summed E-state index contributed by atoms with van der Waals surface area (Å²) in [6, 6.07) is 11.6. The number of H-pyrrole nitrogens is 1. The topological polar surface area (TPSA) is 76.2 Å². The zero-order chi connectivity index (χ0) is 25.1. The predicted molar refractivity (Wildman–Crippen MR) is 129 cm³/mol. The van der Waals surface area contributed by atoms with Crippen LogP contribution in [0.2, 0.25) is 0 Å². The predicted octanol–water partition coefficient (Wildman–Crippen LogP) is 5.74. The van der Waals surface area contributed by atoms with Gasteiger partial charge in [0.1, 0.15) is 29.7 Å². The maximum atomic E-state index is 12.7. The Hall–Kier alpha value is -4.08. The number of rotatable bonds is 7. The summed E-state index contributed by atoms with van der Waals surface area (Å²) in [4.78, 5) is 18.6. The largest absolute Gasteiger partial charge is 0.496 e. The highest BCUT2D eigenvalue weighted by Crippen LogP contribution is 2.34. The quantitative estimate of drug-likeness (QED) is 0.352. The minimum atomic E-state index is -4.42. The van der Waals surface area contributed by atoms with Gasteiger partial charge in [-0.3, -0.25) is 4.98 Å². The lowest BCUT2D eigenvalue weighted by atomic mass is 10.1. The Bertz CT molecular complexity index is 1310. The first-order valence-electron chi connectivity index (χ1n) is 11.5. The van der Waals surface area contributed by atoms with Crippen LogP contribution in [0.3, 0.4) is 0 Å². The molecular weight excluding hydrogens is 471 g/mol. The van der Waals surface area contributed by atoms with Crippen molar-refractivity contribution in [2.75, 3.05) is 25.1 Å². The summed E-state index contributed by atoms with van der Waals surface area (Å²) >= 11 is 0. The van der Waals surface area contributed by atoms with E-state index in [0.717, 1.165) is 42.3 Å². The van der Waals surface area contributed by atoms with Gasteiger partial charge in [0, 0.05) is 48.9 Å². The van der Waals surface area contributed by atoms with Gasteiger partial charge in [-0.25, -0.2) is 9.97 Å². The van der Waals surface area contributed by atoms with Crippen LogP contribution >= 0.6 is 0 Å². The van der Waals surface area contributed by atoms with E-state index >= 15 is 0 Å². The molecule has 0 unspecified atom stereocenters. The van der Waals surface area contributed by atoms with E-state index in [0.29, 0.717) is 28.7 Å². The first kappa shape index (κ1) is 23.7. The summed E-state index contributed by atoms with van der Waals surface area (Å²) in [6.45, 7) is 2.10. The average Bonchev–Trinajstić information content (AvgIpc) is 3.60. The van der Waals surface area contributed by atoms with Crippen molar-refractivity contribution in [3.8, 4) is 34.1 Å². The van der Waals surface area contributed by atoms with E-state index in [4.69, 9.17) is 14.5 Å². The molecule has 4 heterocycles. The Morgan fingerprint density at radius 1 is 1.00 bits per heavy atom. The first-order valence-corrected chi connectivity index (χ1v) is 11.5. The van der Waals surface area contributed by atoms with E-state index in [-0.39, 0.29) is 6.61 Å². The van der Waals surface area contributed by atoms with E-state index < -0.39 is 11.7 Å². The number of hydrogen-bond acceptors (Lipinski definition) is 6. The molecule has 1 aromatic carbocycles. The third-order valence-electron chi connectivity index (χ3n) is 6.02. The van der Waals surface area contributed by atoms with Crippen LogP contribution < -0.4 is 14.4 Å². The molecule has 0 spiro atoms. The molecule has 1 fully saturated rings. The first-order chi connectivity index (χ1) is 17.4. The van der Waals surface area contributed by atoms with E-state index in [1.807, 2.05) is 24.4 Å². The van der Waals surface area contributed by atoms with Crippen molar-refractivity contribution in [2.45, 2.75) is 25.6 Å². The Morgan fingerprint density at radius 2 is 1.83 bits per heavy atom. The Morgan fingerprint density at radius 3 is 2.50 bits per heavy atom. The number of benzene rings is 1. The lowest BCUT2D eigenvalue weighted by Crippen LogP contribution is -2.18. The van der Waals surface area contributed by atoms with Crippen LogP contribution in [0.5, 0.6) is 11.5 Å². The van der Waals surface area contributed by atoms with Crippen molar-refractivity contribution < 1.29 is 22.6 Å². The summed E-state index contributed by atoms with van der Waals surface area (Å²) < 4.78 is 49.4. The van der Waals surface area contributed by atoms with Gasteiger partial charge in [0.25, 0.3) is 0 Å². The third kappa shape index (κ3) is 5.12. The third-order valence-corrected chi connectivity index (χ3v) is 6.02. The van der Waals surface area contributed by atoms with Crippen LogP contribution in [-0.2, 0) is 12.8 Å². The number of nitrogens with zero attached hydrogens (tertiary/aromatic N) is 4. The van der Waals surface area contributed by atoms with Crippen molar-refractivity contribution in [3.05, 3.63) is 72.3 Å². The van der Waals surface area contributed by atoms with Crippen LogP contribution in [0.15, 0.2) is 61.1 Å². The number of alkyl halides is 3. The lowest BCUT2D eigenvalue weighted by molar-refractivity contribution is -0.137. The number of aromatic amines is 1. The van der Waals surface area contributed by atoms with Gasteiger partial charge < -0.3 is 19.4 Å². The van der Waals surface area contributed by atoms with Crippen molar-refractivity contribution in [1.29, 1.82) is 0 Å². The molecule has 0 atom stereocenters. The van der Waals surface area contributed by atoms with Gasteiger partial charge in [-0.05, 0) is 49.2 Å². The molecule has 5 rings (SSSR count). The van der Waals surface area contributed by atoms with E-state index in [9.17, 15) is 13.2 Å². The van der Waals surface area contributed by atoms with Gasteiger partial charge in [0.05, 0.1) is 24.1 Å². The van der Waals surface area contributed by atoms with E-state index in [1.54, 1.807) is 25.4 Å². The number of aromatic nitrogens is 4. The SMILES string of the molecule is COc1cc(OCc2ccc(C(F)(F)F)cn2)ccc1-c1c[nH]c(-c2ccc(N3CCCC3)nc2)n1. The number of anilines is 1. The molecular formula is C26H24F3N5O2. The van der Waals surface area contributed by atoms with Crippen LogP contribution in [0.1, 0.15) is 24.1 Å². The molecule has 10 heteroatoms. The zero-order valence-corrected chi connectivity index (χ0v) is 19.5. The van der Waals surface area contributed by atoms with Gasteiger partial charge in [0.15, 0.2) is 0 Å². The Kier molecular flexibility index (Phi) is 6.49. The molecule has 0 radical (unpaired) electrons. The minimum absolute atomic E-state index is 0.0214. The monoisotopic (exact) mass is 495 g/mol. The normalized spacial score (nSPS) is 13.7. The van der Waals surface area contributed by atoms with Gasteiger partial charge >= 0.3 is 6.18 Å². The van der Waals surface area contributed by atoms with Crippen molar-refractivity contribution in [1.82, 2.24) is 19.9 Å². The number of pyridine rings is 2. The molecule has 1 saturated heterocycles. The highest BCUT2D eigenvalue weighted by atomic mass is 19.4. The second-order valence-corrected chi connectivity index (χ2v) is 8.42. The van der Waals surface area contributed by atoms with Crippen molar-refractivity contribution in [2.24, 2.45) is 0 Å². The Balaban J connectivity index is 1.28. The smallest absolute Gasteiger partial charge is 0.417 e. The molecule has 186 valence electrons. The number of nitrogens with one attached hydrogen (secondary N) is 1. The standard InChI is InChI=1S/C26H24F3N5O2/c1-35-23-12-20(36-16-19-6-5-18(14-30-19)26(27,28)29)7-8-21(23)22-15-32-25(33-22)17-4-9-24(31-13-17)34-10-2-3-11-34/h4-9,12-15H,2-3,10-11,16H2,1H3,(H,32,33). The van der Waals surface area contributed by atoms with Crippen LogP contribution in [-0.4, -0.2) is 40.1 Å². The summed E-state index contributed by atoms with van der Waals surface area (Å²) in [5, 5.41) is 0. The summed E-state index contributed by atoms with van der Waals surface area (Å²) in [5.41, 5.74) is 1.93. The maximum absolute atomic E-state index is 12.7.